The van der Waals surface area contributed by atoms with E-state index < -0.39 is 0 Å². The largest absolute Gasteiger partial charge is 0.455 e. The van der Waals surface area contributed by atoms with Crippen LogP contribution in [0.4, 0.5) is 0 Å². The topological polar surface area (TPSA) is 33.6 Å². The van der Waals surface area contributed by atoms with E-state index in [1.54, 1.807) is 18.2 Å². The molecule has 0 atom stereocenters. The minimum Gasteiger partial charge on any atom is -0.455 e. The van der Waals surface area contributed by atoms with Crippen molar-refractivity contribution in [1.82, 2.24) is 5.32 Å². The van der Waals surface area contributed by atoms with Crippen LogP contribution in [0, 0.1) is 0 Å². The summed E-state index contributed by atoms with van der Waals surface area (Å²) >= 11 is 12.0. The Labute approximate surface area is 127 Å². The van der Waals surface area contributed by atoms with Gasteiger partial charge in [0.2, 0.25) is 0 Å². The van der Waals surface area contributed by atoms with Crippen LogP contribution in [0.5, 0.6) is 11.5 Å². The zero-order chi connectivity index (χ0) is 13.9. The minimum absolute atomic E-state index is 0.480. The van der Waals surface area contributed by atoms with Crippen molar-refractivity contribution in [2.45, 2.75) is 0 Å². The summed E-state index contributed by atoms with van der Waals surface area (Å²) in [7, 11) is 0. The van der Waals surface area contributed by atoms with E-state index in [0.717, 1.165) is 24.5 Å². The van der Waals surface area contributed by atoms with Gasteiger partial charge in [-0.3, -0.25) is 4.99 Å². The Kier molecular flexibility index (Phi) is 3.81. The number of hydrogen-bond acceptors (Lipinski definition) is 3. The number of halogens is 2. The average molecular weight is 307 g/mol. The summed E-state index contributed by atoms with van der Waals surface area (Å²) in [5, 5.41) is 4.30. The minimum atomic E-state index is 0.480. The van der Waals surface area contributed by atoms with Gasteiger partial charge < -0.3 is 10.1 Å². The lowest BCUT2D eigenvalue weighted by Crippen LogP contribution is -2.19. The predicted octanol–water partition coefficient (Wildman–Crippen LogP) is 4.14. The molecule has 20 heavy (non-hydrogen) atoms. The third-order valence-electron chi connectivity index (χ3n) is 2.93. The highest BCUT2D eigenvalue weighted by Crippen LogP contribution is 2.33. The summed E-state index contributed by atoms with van der Waals surface area (Å²) in [5.74, 6) is 2.14. The van der Waals surface area contributed by atoms with Crippen molar-refractivity contribution in [3.8, 4) is 11.5 Å². The lowest BCUT2D eigenvalue weighted by Gasteiger charge is -2.12. The fourth-order valence-corrected chi connectivity index (χ4v) is 2.45. The number of amidine groups is 1. The van der Waals surface area contributed by atoms with Crippen molar-refractivity contribution in [2.75, 3.05) is 13.1 Å². The fraction of sp³-hybridized carbons (Fsp3) is 0.133. The van der Waals surface area contributed by atoms with E-state index in [1.165, 1.54) is 0 Å². The van der Waals surface area contributed by atoms with E-state index in [9.17, 15) is 0 Å². The second kappa shape index (κ2) is 5.73. The van der Waals surface area contributed by atoms with Crippen LogP contribution in [0.2, 0.25) is 10.0 Å². The molecule has 2 aromatic carbocycles. The molecule has 0 amide bonds. The second-order valence-corrected chi connectivity index (χ2v) is 5.17. The molecule has 0 saturated heterocycles. The smallest absolute Gasteiger partial charge is 0.146 e. The van der Waals surface area contributed by atoms with Crippen LogP contribution in [0.25, 0.3) is 0 Å². The van der Waals surface area contributed by atoms with Gasteiger partial charge in [-0.15, -0.1) is 0 Å². The monoisotopic (exact) mass is 306 g/mol. The first-order valence-electron chi connectivity index (χ1n) is 6.24. The van der Waals surface area contributed by atoms with Crippen LogP contribution in [0.15, 0.2) is 47.5 Å². The van der Waals surface area contributed by atoms with Gasteiger partial charge in [0.25, 0.3) is 0 Å². The van der Waals surface area contributed by atoms with Gasteiger partial charge in [-0.05, 0) is 30.3 Å². The third kappa shape index (κ3) is 2.74. The van der Waals surface area contributed by atoms with E-state index >= 15 is 0 Å². The van der Waals surface area contributed by atoms with E-state index in [-0.39, 0.29) is 0 Å². The molecular formula is C15H12Cl2N2O. The molecule has 102 valence electrons. The third-order valence-corrected chi connectivity index (χ3v) is 3.46. The van der Waals surface area contributed by atoms with E-state index in [2.05, 4.69) is 10.3 Å². The number of nitrogens with zero attached hydrogens (tertiary/aromatic N) is 1. The Morgan fingerprint density at radius 1 is 1.05 bits per heavy atom. The van der Waals surface area contributed by atoms with Crippen molar-refractivity contribution in [2.24, 2.45) is 4.99 Å². The zero-order valence-electron chi connectivity index (χ0n) is 10.6. The van der Waals surface area contributed by atoms with Gasteiger partial charge >= 0.3 is 0 Å². The molecule has 5 heteroatoms. The van der Waals surface area contributed by atoms with Gasteiger partial charge in [0.1, 0.15) is 17.3 Å². The van der Waals surface area contributed by atoms with Gasteiger partial charge in [0.15, 0.2) is 0 Å². The van der Waals surface area contributed by atoms with Crippen LogP contribution in [-0.4, -0.2) is 18.9 Å². The highest BCUT2D eigenvalue weighted by Gasteiger charge is 2.14. The maximum Gasteiger partial charge on any atom is 0.146 e. The molecular weight excluding hydrogens is 295 g/mol. The molecule has 1 aliphatic rings. The van der Waals surface area contributed by atoms with E-state index in [4.69, 9.17) is 27.9 Å². The Morgan fingerprint density at radius 2 is 1.90 bits per heavy atom. The van der Waals surface area contributed by atoms with Crippen molar-refractivity contribution >= 4 is 29.0 Å². The molecule has 0 unspecified atom stereocenters. The van der Waals surface area contributed by atoms with E-state index in [1.807, 2.05) is 24.3 Å². The van der Waals surface area contributed by atoms with Crippen LogP contribution < -0.4 is 10.1 Å². The maximum atomic E-state index is 6.14. The number of rotatable bonds is 3. The lowest BCUT2D eigenvalue weighted by atomic mass is 10.2. The molecule has 0 radical (unpaired) electrons. The fourth-order valence-electron chi connectivity index (χ4n) is 2.01. The highest BCUT2D eigenvalue weighted by molar-refractivity contribution is 6.35. The van der Waals surface area contributed by atoms with Gasteiger partial charge in [-0.2, -0.15) is 0 Å². The molecule has 0 aliphatic carbocycles. The van der Waals surface area contributed by atoms with Gasteiger partial charge in [-0.25, -0.2) is 0 Å². The summed E-state index contributed by atoms with van der Waals surface area (Å²) in [4.78, 5) is 4.42. The number of para-hydroxylation sites is 1. The van der Waals surface area contributed by atoms with Crippen molar-refractivity contribution in [3.05, 3.63) is 58.1 Å². The molecule has 0 aromatic heterocycles. The summed E-state index contributed by atoms with van der Waals surface area (Å²) in [5.41, 5.74) is 0.927. The first-order chi connectivity index (χ1) is 9.74. The normalized spacial score (nSPS) is 13.8. The van der Waals surface area contributed by atoms with Crippen molar-refractivity contribution < 1.29 is 4.74 Å². The van der Waals surface area contributed by atoms with Crippen LogP contribution >= 0.6 is 23.2 Å². The molecule has 0 fully saturated rings. The lowest BCUT2D eigenvalue weighted by molar-refractivity contribution is 0.481. The molecule has 0 bridgehead atoms. The quantitative estimate of drug-likeness (QED) is 0.925. The number of ether oxygens (including phenoxy) is 1. The number of hydrogen-bond donors (Lipinski definition) is 1. The number of aliphatic imine (C=N–C) groups is 1. The van der Waals surface area contributed by atoms with Crippen LogP contribution in [0.1, 0.15) is 5.56 Å². The SMILES string of the molecule is Clc1ccc(Oc2ccccc2C2=NCCN2)c(Cl)c1. The van der Waals surface area contributed by atoms with Gasteiger partial charge in [0, 0.05) is 11.6 Å². The molecule has 0 saturated carbocycles. The first-order valence-corrected chi connectivity index (χ1v) is 7.00. The molecule has 2 aromatic rings. The Bertz CT molecular complexity index is 671. The molecule has 1 heterocycles. The van der Waals surface area contributed by atoms with Crippen molar-refractivity contribution in [3.63, 3.8) is 0 Å². The predicted molar refractivity (Wildman–Crippen MR) is 82.4 cm³/mol. The first kappa shape index (κ1) is 13.3. The Morgan fingerprint density at radius 3 is 2.65 bits per heavy atom. The summed E-state index contributed by atoms with van der Waals surface area (Å²) in [6, 6.07) is 12.9. The molecule has 3 rings (SSSR count). The highest BCUT2D eigenvalue weighted by atomic mass is 35.5. The molecule has 3 nitrogen and oxygen atoms in total. The molecule has 0 spiro atoms. The molecule has 1 N–H and O–H groups in total. The Hall–Kier alpha value is -1.71. The standard InChI is InChI=1S/C15H12Cl2N2O/c16-10-5-6-14(12(17)9-10)20-13-4-2-1-3-11(13)15-18-7-8-19-15/h1-6,9H,7-8H2,(H,18,19). The Balaban J connectivity index is 1.94. The second-order valence-electron chi connectivity index (χ2n) is 4.33. The maximum absolute atomic E-state index is 6.14. The number of benzene rings is 2. The number of nitrogens with one attached hydrogen (secondary N) is 1. The van der Waals surface area contributed by atoms with Crippen LogP contribution in [-0.2, 0) is 0 Å². The average Bonchev–Trinajstić information content (AvgIpc) is 2.96. The van der Waals surface area contributed by atoms with Crippen LogP contribution in [0.3, 0.4) is 0 Å². The summed E-state index contributed by atoms with van der Waals surface area (Å²) in [6.07, 6.45) is 0. The van der Waals surface area contributed by atoms with E-state index in [0.29, 0.717) is 21.5 Å². The summed E-state index contributed by atoms with van der Waals surface area (Å²) < 4.78 is 5.90. The van der Waals surface area contributed by atoms with Crippen molar-refractivity contribution in [1.29, 1.82) is 0 Å². The molecule has 1 aliphatic heterocycles. The zero-order valence-corrected chi connectivity index (χ0v) is 12.1. The van der Waals surface area contributed by atoms with Gasteiger partial charge in [-0.1, -0.05) is 35.3 Å². The summed E-state index contributed by atoms with van der Waals surface area (Å²) in [6.45, 7) is 1.64. The van der Waals surface area contributed by atoms with Gasteiger partial charge in [0.05, 0.1) is 17.1 Å².